The molecule has 83 heavy (non-hydrogen) atoms. The summed E-state index contributed by atoms with van der Waals surface area (Å²) in [6, 6.07) is 20.8. The van der Waals surface area contributed by atoms with E-state index in [1.54, 1.807) is 50.7 Å². The van der Waals surface area contributed by atoms with Crippen LogP contribution in [0.15, 0.2) is 72.9 Å². The number of anilines is 1. The van der Waals surface area contributed by atoms with E-state index in [0.29, 0.717) is 40.3 Å². The Balaban J connectivity index is 0.000000117. The summed E-state index contributed by atoms with van der Waals surface area (Å²) in [5.74, 6) is 0.496. The number of benzene rings is 3. The number of thiazole rings is 3. The number of fused-ring (bicyclic) bond motifs is 6. The zero-order valence-corrected chi connectivity index (χ0v) is 49.9. The monoisotopic (exact) mass is 1170 g/mol. The minimum absolute atomic E-state index is 0.275. The van der Waals surface area contributed by atoms with E-state index in [4.69, 9.17) is 4.98 Å². The number of piperidine rings is 2. The molecule has 15 rings (SSSR count). The summed E-state index contributed by atoms with van der Waals surface area (Å²) in [5, 5.41) is 26.5. The molecule has 16 nitrogen and oxygen atoms in total. The van der Waals surface area contributed by atoms with Crippen molar-refractivity contribution in [3.8, 4) is 33.8 Å². The molecule has 12 heterocycles. The quantitative estimate of drug-likeness (QED) is 0.132. The molecule has 3 saturated heterocycles. The van der Waals surface area contributed by atoms with E-state index in [2.05, 4.69) is 75.0 Å². The maximum Gasteiger partial charge on any atom is 0.186 e. The second kappa shape index (κ2) is 22.3. The van der Waals surface area contributed by atoms with Crippen LogP contribution in [0.25, 0.3) is 81.4 Å². The van der Waals surface area contributed by atoms with Gasteiger partial charge in [0.15, 0.2) is 39.5 Å². The number of hydrogen-bond donors (Lipinski definition) is 3. The molecular weight excluding hydrogens is 1110 g/mol. The predicted octanol–water partition coefficient (Wildman–Crippen LogP) is 12.3. The van der Waals surface area contributed by atoms with Crippen molar-refractivity contribution >= 4 is 86.7 Å². The summed E-state index contributed by atoms with van der Waals surface area (Å²) in [6.45, 7) is 20.0. The SMILES string of the molecule is Cc1cc2nc(-c3cc(F)c4nc(C5CCNCC5)sc4c3)cc(C)n2n1.Cc1cc2nc(-c3cc(F)c4nc(N(C)C5CCNCC5)sc4c3)cc(C)n2n1.Cc1cn2nc(-c3cc(F)c4nc(C(C)C5CNC5)sc4c3)cc(C)c2n1. The number of nitrogens with one attached hydrogen (secondary N) is 3. The fraction of sp³-hybridized carbons (Fsp3) is 0.361. The van der Waals surface area contributed by atoms with Crippen LogP contribution >= 0.6 is 34.0 Å². The third kappa shape index (κ3) is 10.8. The Bertz CT molecular complexity index is 4260. The van der Waals surface area contributed by atoms with E-state index in [1.807, 2.05) is 105 Å². The van der Waals surface area contributed by atoms with Crippen LogP contribution in [0.5, 0.6) is 0 Å². The van der Waals surface area contributed by atoms with Crippen molar-refractivity contribution in [2.24, 2.45) is 5.92 Å². The van der Waals surface area contributed by atoms with Crippen molar-refractivity contribution < 1.29 is 13.2 Å². The highest BCUT2D eigenvalue weighted by molar-refractivity contribution is 7.22. The Kier molecular flexibility index (Phi) is 14.8. The summed E-state index contributed by atoms with van der Waals surface area (Å²) < 4.78 is 52.6. The molecule has 0 radical (unpaired) electrons. The molecular formula is C61H63F3N16S3. The van der Waals surface area contributed by atoms with Gasteiger partial charge in [0.25, 0.3) is 0 Å². The number of nitrogens with zero attached hydrogens (tertiary/aromatic N) is 13. The van der Waals surface area contributed by atoms with Crippen LogP contribution in [-0.4, -0.2) is 111 Å². The first-order valence-corrected chi connectivity index (χ1v) is 30.7. The molecule has 1 unspecified atom stereocenters. The zero-order valence-electron chi connectivity index (χ0n) is 47.5. The van der Waals surface area contributed by atoms with Crippen LogP contribution in [0.2, 0.25) is 0 Å². The fourth-order valence-electron chi connectivity index (χ4n) is 11.4. The van der Waals surface area contributed by atoms with Crippen molar-refractivity contribution in [1.82, 2.24) is 74.7 Å². The minimum Gasteiger partial charge on any atom is -0.348 e. The highest BCUT2D eigenvalue weighted by atomic mass is 32.1. The summed E-state index contributed by atoms with van der Waals surface area (Å²) in [4.78, 5) is 29.9. The lowest BCUT2D eigenvalue weighted by atomic mass is 9.89. The molecule has 0 bridgehead atoms. The van der Waals surface area contributed by atoms with E-state index in [-0.39, 0.29) is 17.5 Å². The lowest BCUT2D eigenvalue weighted by molar-refractivity contribution is 0.303. The highest BCUT2D eigenvalue weighted by Gasteiger charge is 2.28. The second-order valence-corrected chi connectivity index (χ2v) is 25.5. The van der Waals surface area contributed by atoms with Crippen LogP contribution in [0.1, 0.15) is 88.5 Å². The highest BCUT2D eigenvalue weighted by Crippen LogP contribution is 2.39. The van der Waals surface area contributed by atoms with Crippen molar-refractivity contribution in [1.29, 1.82) is 0 Å². The maximum absolute atomic E-state index is 14.9. The third-order valence-electron chi connectivity index (χ3n) is 16.2. The van der Waals surface area contributed by atoms with Gasteiger partial charge in [0.1, 0.15) is 16.6 Å². The largest absolute Gasteiger partial charge is 0.348 e. The van der Waals surface area contributed by atoms with Crippen molar-refractivity contribution in [2.75, 3.05) is 51.2 Å². The number of rotatable bonds is 8. The van der Waals surface area contributed by atoms with E-state index < -0.39 is 0 Å². The maximum atomic E-state index is 14.9. The zero-order chi connectivity index (χ0) is 57.4. The Morgan fingerprint density at radius 3 is 1.65 bits per heavy atom. The summed E-state index contributed by atoms with van der Waals surface area (Å²) in [6.07, 6.45) is 6.17. The van der Waals surface area contributed by atoms with Crippen molar-refractivity contribution in [3.05, 3.63) is 134 Å². The van der Waals surface area contributed by atoms with Gasteiger partial charge in [-0.2, -0.15) is 15.3 Å². The van der Waals surface area contributed by atoms with Gasteiger partial charge >= 0.3 is 0 Å². The number of aryl methyl sites for hydroxylation is 6. The second-order valence-electron chi connectivity index (χ2n) is 22.4. The fourth-order valence-corrected chi connectivity index (χ4v) is 14.8. The topological polar surface area (TPSA) is 169 Å². The van der Waals surface area contributed by atoms with Crippen LogP contribution in [0.4, 0.5) is 18.3 Å². The molecule has 426 valence electrons. The lowest BCUT2D eigenvalue weighted by Crippen LogP contribution is -2.44. The standard InChI is InChI=1S/C21H23FN6S.2C20H20FN5S/c1-12-8-19-24-17(9-13(2)28(19)26-12)14-10-16(22)20-18(11-14)29-21(25-20)27(3)15-4-6-23-7-5-15;1-10-4-16(25-26-9-11(2)23-19(10)26)13-5-15(21)18-17(6-13)27-20(24-18)12(3)14-7-22-8-14;1-11-7-18-23-16(8-12(2)26(18)25-11)14-9-15(21)19-17(10-14)27-20(24-19)13-3-5-22-6-4-13/h8-11,15,23H,4-7H2,1-3H3;4-6,9,12,14,22H,7-8H2,1-3H3;7-10,13,22H,3-6H2,1-2H3. The lowest BCUT2D eigenvalue weighted by Gasteiger charge is -2.31. The molecule has 1 atom stereocenters. The molecule has 3 aliphatic rings. The molecule has 3 aromatic carbocycles. The van der Waals surface area contributed by atoms with Gasteiger partial charge < -0.3 is 20.9 Å². The van der Waals surface area contributed by atoms with Gasteiger partial charge in [-0.15, -0.1) is 22.7 Å². The van der Waals surface area contributed by atoms with Crippen LogP contribution in [0, 0.1) is 64.9 Å². The van der Waals surface area contributed by atoms with Gasteiger partial charge in [0, 0.05) is 65.1 Å². The van der Waals surface area contributed by atoms with Crippen LogP contribution in [0.3, 0.4) is 0 Å². The van der Waals surface area contributed by atoms with Crippen molar-refractivity contribution in [2.45, 2.75) is 92.0 Å². The minimum atomic E-state index is -0.303. The Labute approximate surface area is 489 Å². The predicted molar refractivity (Wildman–Crippen MR) is 327 cm³/mol. The van der Waals surface area contributed by atoms with Crippen molar-refractivity contribution in [3.63, 3.8) is 0 Å². The number of hydrogen-bond acceptors (Lipinski definition) is 16. The van der Waals surface area contributed by atoms with Gasteiger partial charge in [0.2, 0.25) is 0 Å². The Hall–Kier alpha value is -7.34. The number of halogens is 3. The van der Waals surface area contributed by atoms with Gasteiger partial charge in [-0.3, -0.25) is 0 Å². The molecule has 0 spiro atoms. The molecule has 0 amide bonds. The van der Waals surface area contributed by atoms with Gasteiger partial charge in [0.05, 0.1) is 64.5 Å². The average molecular weight is 1170 g/mol. The molecule has 9 aromatic heterocycles. The van der Waals surface area contributed by atoms with E-state index >= 15 is 0 Å². The molecule has 3 N–H and O–H groups in total. The Morgan fingerprint density at radius 1 is 0.542 bits per heavy atom. The summed E-state index contributed by atoms with van der Waals surface area (Å²) in [5.41, 5.74) is 14.0. The van der Waals surface area contributed by atoms with E-state index in [9.17, 15) is 13.2 Å². The first-order chi connectivity index (χ1) is 40.1. The van der Waals surface area contributed by atoms with Crippen LogP contribution < -0.4 is 20.9 Å². The normalized spacial score (nSPS) is 15.8. The molecule has 0 aliphatic carbocycles. The van der Waals surface area contributed by atoms with E-state index in [0.717, 1.165) is 179 Å². The summed E-state index contributed by atoms with van der Waals surface area (Å²) >= 11 is 4.75. The first-order valence-electron chi connectivity index (χ1n) is 28.2. The van der Waals surface area contributed by atoms with Gasteiger partial charge in [-0.05, 0) is 173 Å². The first kappa shape index (κ1) is 54.9. The average Bonchev–Trinajstić information content (AvgIpc) is 3.91. The number of imidazole rings is 1. The molecule has 3 fully saturated rings. The van der Waals surface area contributed by atoms with E-state index in [1.165, 1.54) is 6.07 Å². The van der Waals surface area contributed by atoms with Gasteiger partial charge in [-0.25, -0.2) is 56.6 Å². The molecule has 3 aliphatic heterocycles. The molecule has 0 saturated carbocycles. The number of aromatic nitrogens is 12. The smallest absolute Gasteiger partial charge is 0.186 e. The third-order valence-corrected chi connectivity index (χ3v) is 19.7. The molecule has 12 aromatic rings. The van der Waals surface area contributed by atoms with Crippen LogP contribution in [-0.2, 0) is 0 Å². The van der Waals surface area contributed by atoms with Gasteiger partial charge in [-0.1, -0.05) is 18.3 Å². The Morgan fingerprint density at radius 2 is 1.07 bits per heavy atom. The summed E-state index contributed by atoms with van der Waals surface area (Å²) in [7, 11) is 2.06. The molecule has 22 heteroatoms.